The van der Waals surface area contributed by atoms with Crippen LogP contribution in [0.4, 0.5) is 5.82 Å². The second-order valence-corrected chi connectivity index (χ2v) is 5.21. The third-order valence-electron chi connectivity index (χ3n) is 4.20. The van der Waals surface area contributed by atoms with Gasteiger partial charge in [0, 0.05) is 12.6 Å². The van der Waals surface area contributed by atoms with E-state index in [0.717, 1.165) is 29.4 Å². The predicted molar refractivity (Wildman–Crippen MR) is 68.3 cm³/mol. The maximum atomic E-state index is 4.34. The van der Waals surface area contributed by atoms with Crippen molar-refractivity contribution in [3.63, 3.8) is 0 Å². The first kappa shape index (κ1) is 10.3. The third kappa shape index (κ3) is 1.56. The van der Waals surface area contributed by atoms with Gasteiger partial charge in [0.05, 0.1) is 6.33 Å². The number of hydrogen-bond acceptors (Lipinski definition) is 5. The van der Waals surface area contributed by atoms with Crippen molar-refractivity contribution in [2.45, 2.75) is 18.9 Å². The number of piperidine rings is 3. The Labute approximate surface area is 105 Å². The molecule has 5 heterocycles. The van der Waals surface area contributed by atoms with Gasteiger partial charge < -0.3 is 15.2 Å². The molecule has 18 heavy (non-hydrogen) atoms. The highest BCUT2D eigenvalue weighted by Gasteiger charge is 2.34. The normalized spacial score (nSPS) is 30.8. The summed E-state index contributed by atoms with van der Waals surface area (Å²) in [6.07, 6.45) is 5.84. The van der Waals surface area contributed by atoms with Crippen LogP contribution in [0.5, 0.6) is 0 Å². The topological polar surface area (TPSA) is 69.7 Å². The fourth-order valence-electron chi connectivity index (χ4n) is 3.18. The highest BCUT2D eigenvalue weighted by atomic mass is 15.2. The molecule has 1 atom stereocenters. The van der Waals surface area contributed by atoms with Crippen molar-refractivity contribution in [2.75, 3.05) is 25.0 Å². The summed E-state index contributed by atoms with van der Waals surface area (Å²) in [7, 11) is 0. The average molecular weight is 244 g/mol. The number of nitrogens with zero attached hydrogens (tertiary/aromatic N) is 4. The summed E-state index contributed by atoms with van der Waals surface area (Å²) in [6, 6.07) is 0.508. The zero-order valence-electron chi connectivity index (χ0n) is 10.1. The van der Waals surface area contributed by atoms with Gasteiger partial charge in [-0.15, -0.1) is 0 Å². The molecule has 0 saturated carbocycles. The molecule has 0 spiro atoms. The van der Waals surface area contributed by atoms with Crippen LogP contribution in [0.3, 0.4) is 0 Å². The van der Waals surface area contributed by atoms with Crippen LogP contribution in [0.2, 0.25) is 0 Å². The molecule has 0 aromatic carbocycles. The lowest BCUT2D eigenvalue weighted by Crippen LogP contribution is -2.53. The Hall–Kier alpha value is -1.69. The highest BCUT2D eigenvalue weighted by Crippen LogP contribution is 2.30. The number of H-pyrrole nitrogens is 1. The van der Waals surface area contributed by atoms with E-state index in [0.29, 0.717) is 6.04 Å². The largest absolute Gasteiger partial charge is 0.364 e. The predicted octanol–water partition coefficient (Wildman–Crippen LogP) is 0.859. The van der Waals surface area contributed by atoms with Gasteiger partial charge in [-0.2, -0.15) is 0 Å². The number of rotatable bonds is 2. The lowest BCUT2D eigenvalue weighted by molar-refractivity contribution is 0.0974. The minimum Gasteiger partial charge on any atom is -0.364 e. The van der Waals surface area contributed by atoms with Crippen LogP contribution in [0.15, 0.2) is 12.7 Å². The van der Waals surface area contributed by atoms with Gasteiger partial charge in [-0.1, -0.05) is 0 Å². The maximum absolute atomic E-state index is 4.34. The van der Waals surface area contributed by atoms with Gasteiger partial charge in [0.2, 0.25) is 0 Å². The van der Waals surface area contributed by atoms with Crippen molar-refractivity contribution >= 4 is 17.0 Å². The number of hydrogen-bond donors (Lipinski definition) is 2. The van der Waals surface area contributed by atoms with E-state index in [9.17, 15) is 0 Å². The molecule has 6 heteroatoms. The number of imidazole rings is 1. The molecule has 6 nitrogen and oxygen atoms in total. The number of fused-ring (bicyclic) bond motifs is 4. The van der Waals surface area contributed by atoms with Crippen molar-refractivity contribution in [3.05, 3.63) is 12.7 Å². The molecule has 1 unspecified atom stereocenters. The molecule has 2 N–H and O–H groups in total. The van der Waals surface area contributed by atoms with Crippen LogP contribution < -0.4 is 5.32 Å². The monoisotopic (exact) mass is 244 g/mol. The van der Waals surface area contributed by atoms with Crippen molar-refractivity contribution in [1.82, 2.24) is 24.8 Å². The van der Waals surface area contributed by atoms with Crippen LogP contribution >= 0.6 is 0 Å². The van der Waals surface area contributed by atoms with E-state index in [-0.39, 0.29) is 0 Å². The van der Waals surface area contributed by atoms with Crippen LogP contribution in [-0.4, -0.2) is 50.5 Å². The van der Waals surface area contributed by atoms with Gasteiger partial charge in [0.15, 0.2) is 11.5 Å². The summed E-state index contributed by atoms with van der Waals surface area (Å²) in [5.41, 5.74) is 1.64. The van der Waals surface area contributed by atoms with E-state index in [1.54, 1.807) is 12.7 Å². The van der Waals surface area contributed by atoms with Gasteiger partial charge in [-0.25, -0.2) is 15.0 Å². The Morgan fingerprint density at radius 3 is 2.89 bits per heavy atom. The third-order valence-corrected chi connectivity index (χ3v) is 4.20. The molecule has 94 valence electrons. The second-order valence-electron chi connectivity index (χ2n) is 5.21. The Kier molecular flexibility index (Phi) is 2.23. The molecule has 0 radical (unpaired) electrons. The fraction of sp³-hybridized carbons (Fsp3) is 0.583. The molecule has 2 bridgehead atoms. The summed E-state index contributed by atoms with van der Waals surface area (Å²) >= 11 is 0. The summed E-state index contributed by atoms with van der Waals surface area (Å²) in [5.74, 6) is 1.67. The number of nitrogens with one attached hydrogen (secondary N) is 2. The molecule has 2 aromatic rings. The standard InChI is InChI=1S/C12H16N6/c1-3-18-4-2-8(1)9(5-18)17-12-10-11(14-6-13-10)15-7-16-12/h6-9H,1-5H2,(H2,13,14,15,16,17). The lowest BCUT2D eigenvalue weighted by Gasteiger charge is -2.45. The summed E-state index contributed by atoms with van der Waals surface area (Å²) < 4.78 is 0. The number of anilines is 1. The molecular formula is C12H16N6. The molecule has 2 aromatic heterocycles. The first-order valence-corrected chi connectivity index (χ1v) is 6.53. The van der Waals surface area contributed by atoms with E-state index in [4.69, 9.17) is 0 Å². The fourth-order valence-corrected chi connectivity index (χ4v) is 3.18. The van der Waals surface area contributed by atoms with E-state index in [1.807, 2.05) is 0 Å². The zero-order chi connectivity index (χ0) is 11.9. The maximum Gasteiger partial charge on any atom is 0.182 e. The quantitative estimate of drug-likeness (QED) is 0.820. The smallest absolute Gasteiger partial charge is 0.182 e. The molecule has 0 aliphatic carbocycles. The first-order chi connectivity index (χ1) is 8.90. The zero-order valence-corrected chi connectivity index (χ0v) is 10.1. The SMILES string of the molecule is c1nc(NC2CN3CCC2CC3)c2[nH]cnc2n1. The molecule has 3 aliphatic rings. The molecule has 5 rings (SSSR count). The van der Waals surface area contributed by atoms with Gasteiger partial charge in [-0.3, -0.25) is 0 Å². The molecule has 3 aliphatic heterocycles. The Morgan fingerprint density at radius 2 is 2.11 bits per heavy atom. The van der Waals surface area contributed by atoms with Gasteiger partial charge >= 0.3 is 0 Å². The highest BCUT2D eigenvalue weighted by molar-refractivity contribution is 5.82. The van der Waals surface area contributed by atoms with Gasteiger partial charge in [0.1, 0.15) is 11.8 Å². The Balaban J connectivity index is 1.62. The van der Waals surface area contributed by atoms with Crippen molar-refractivity contribution in [2.24, 2.45) is 5.92 Å². The van der Waals surface area contributed by atoms with Crippen LogP contribution in [0.25, 0.3) is 11.2 Å². The first-order valence-electron chi connectivity index (χ1n) is 6.53. The summed E-state index contributed by atoms with van der Waals surface area (Å²) in [4.78, 5) is 18.3. The van der Waals surface area contributed by atoms with Crippen LogP contribution in [-0.2, 0) is 0 Å². The summed E-state index contributed by atoms with van der Waals surface area (Å²) in [5, 5.41) is 3.58. The van der Waals surface area contributed by atoms with E-state index >= 15 is 0 Å². The Morgan fingerprint density at radius 1 is 1.22 bits per heavy atom. The lowest BCUT2D eigenvalue weighted by atomic mass is 9.84. The van der Waals surface area contributed by atoms with E-state index < -0.39 is 0 Å². The molecular weight excluding hydrogens is 228 g/mol. The van der Waals surface area contributed by atoms with Crippen molar-refractivity contribution in [1.29, 1.82) is 0 Å². The molecule has 0 amide bonds. The van der Waals surface area contributed by atoms with Crippen molar-refractivity contribution in [3.8, 4) is 0 Å². The second kappa shape index (κ2) is 3.91. The van der Waals surface area contributed by atoms with Gasteiger partial charge in [-0.05, 0) is 31.8 Å². The van der Waals surface area contributed by atoms with Crippen molar-refractivity contribution < 1.29 is 0 Å². The number of aromatic amines is 1. The average Bonchev–Trinajstić information content (AvgIpc) is 2.90. The minimum absolute atomic E-state index is 0.508. The Bertz CT molecular complexity index is 556. The summed E-state index contributed by atoms with van der Waals surface area (Å²) in [6.45, 7) is 3.64. The van der Waals surface area contributed by atoms with Gasteiger partial charge in [0.25, 0.3) is 0 Å². The van der Waals surface area contributed by atoms with E-state index in [1.165, 1.54) is 25.9 Å². The molecule has 3 saturated heterocycles. The van der Waals surface area contributed by atoms with Crippen LogP contribution in [0.1, 0.15) is 12.8 Å². The van der Waals surface area contributed by atoms with E-state index in [2.05, 4.69) is 30.2 Å². The molecule has 3 fully saturated rings. The minimum atomic E-state index is 0.508. The van der Waals surface area contributed by atoms with Crippen LogP contribution in [0, 0.1) is 5.92 Å². The number of aromatic nitrogens is 4.